The standard InChI is InChI=1S/C21H27NO4S2/c1-12-7-14(3-6-20(12)27-2)25-10-16-15-4-5-18(26-19(15)8-17(16)24)21-22-13(9-23)11-28-21/h3,6-7,11,15-19,23-24H,4-5,8-10H2,1-2H3/t15-,16-,17+,18-,19+/m1/s1. The topological polar surface area (TPSA) is 71.8 Å². The summed E-state index contributed by atoms with van der Waals surface area (Å²) in [7, 11) is 0. The first kappa shape index (κ1) is 20.2. The van der Waals surface area contributed by atoms with Gasteiger partial charge in [-0.2, -0.15) is 0 Å². The van der Waals surface area contributed by atoms with Gasteiger partial charge in [0.25, 0.3) is 0 Å². The third kappa shape index (κ3) is 4.09. The van der Waals surface area contributed by atoms with Gasteiger partial charge in [0.05, 0.1) is 31.1 Å². The number of thioether (sulfide) groups is 1. The summed E-state index contributed by atoms with van der Waals surface area (Å²) < 4.78 is 12.4. The molecule has 5 nitrogen and oxygen atoms in total. The number of thiazole rings is 1. The quantitative estimate of drug-likeness (QED) is 0.688. The van der Waals surface area contributed by atoms with Crippen molar-refractivity contribution < 1.29 is 19.7 Å². The average Bonchev–Trinajstić information content (AvgIpc) is 3.29. The van der Waals surface area contributed by atoms with Gasteiger partial charge in [-0.3, -0.25) is 0 Å². The minimum absolute atomic E-state index is 0.0276. The second-order valence-corrected chi connectivity index (χ2v) is 9.39. The van der Waals surface area contributed by atoms with E-state index in [1.54, 1.807) is 23.1 Å². The highest BCUT2D eigenvalue weighted by molar-refractivity contribution is 7.98. The molecular weight excluding hydrogens is 394 g/mol. The summed E-state index contributed by atoms with van der Waals surface area (Å²) in [4.78, 5) is 5.71. The third-order valence-electron chi connectivity index (χ3n) is 5.91. The smallest absolute Gasteiger partial charge is 0.122 e. The first-order chi connectivity index (χ1) is 13.6. The molecule has 5 atom stereocenters. The Bertz CT molecular complexity index is 811. The largest absolute Gasteiger partial charge is 0.493 e. The number of ether oxygens (including phenoxy) is 2. The molecule has 4 rings (SSSR count). The zero-order valence-electron chi connectivity index (χ0n) is 16.2. The van der Waals surface area contributed by atoms with Crippen molar-refractivity contribution in [2.75, 3.05) is 12.9 Å². The number of hydrogen-bond donors (Lipinski definition) is 2. The van der Waals surface area contributed by atoms with E-state index >= 15 is 0 Å². The number of nitrogens with zero attached hydrogens (tertiary/aromatic N) is 1. The van der Waals surface area contributed by atoms with Crippen molar-refractivity contribution in [2.45, 2.75) is 56.0 Å². The number of rotatable bonds is 6. The second-order valence-electron chi connectivity index (χ2n) is 7.65. The maximum absolute atomic E-state index is 10.6. The molecule has 0 amide bonds. The van der Waals surface area contributed by atoms with Gasteiger partial charge >= 0.3 is 0 Å². The molecule has 2 N–H and O–H groups in total. The van der Waals surface area contributed by atoms with Crippen LogP contribution in [-0.2, 0) is 11.3 Å². The van der Waals surface area contributed by atoms with E-state index in [0.717, 1.165) is 23.6 Å². The van der Waals surface area contributed by atoms with E-state index < -0.39 is 6.10 Å². The van der Waals surface area contributed by atoms with Crippen LogP contribution in [0.1, 0.15) is 41.6 Å². The van der Waals surface area contributed by atoms with E-state index in [1.165, 1.54) is 10.5 Å². The molecule has 1 aliphatic heterocycles. The Hall–Kier alpha value is -1.12. The minimum Gasteiger partial charge on any atom is -0.493 e. The number of aromatic nitrogens is 1. The summed E-state index contributed by atoms with van der Waals surface area (Å²) >= 11 is 3.28. The van der Waals surface area contributed by atoms with Crippen LogP contribution in [0, 0.1) is 18.8 Å². The van der Waals surface area contributed by atoms with Crippen LogP contribution >= 0.6 is 23.1 Å². The molecule has 2 fully saturated rings. The maximum atomic E-state index is 10.6. The predicted octanol–water partition coefficient (Wildman–Crippen LogP) is 3.96. The van der Waals surface area contributed by atoms with Crippen molar-refractivity contribution in [3.8, 4) is 5.75 Å². The van der Waals surface area contributed by atoms with Crippen LogP contribution in [0.3, 0.4) is 0 Å². The molecular formula is C21H27NO4S2. The van der Waals surface area contributed by atoms with Gasteiger partial charge in [-0.25, -0.2) is 4.98 Å². The zero-order valence-corrected chi connectivity index (χ0v) is 17.8. The van der Waals surface area contributed by atoms with E-state index in [9.17, 15) is 10.2 Å². The molecule has 0 bridgehead atoms. The van der Waals surface area contributed by atoms with Crippen molar-refractivity contribution in [2.24, 2.45) is 11.8 Å². The highest BCUT2D eigenvalue weighted by Crippen LogP contribution is 2.46. The highest BCUT2D eigenvalue weighted by atomic mass is 32.2. The van der Waals surface area contributed by atoms with E-state index in [2.05, 4.69) is 30.3 Å². The Labute approximate surface area is 174 Å². The Morgan fingerprint density at radius 2 is 2.21 bits per heavy atom. The van der Waals surface area contributed by atoms with E-state index in [4.69, 9.17) is 9.47 Å². The molecule has 2 aliphatic rings. The fraction of sp³-hybridized carbons (Fsp3) is 0.571. The summed E-state index contributed by atoms with van der Waals surface area (Å²) in [6.45, 7) is 2.57. The van der Waals surface area contributed by atoms with Gasteiger partial charge in [-0.05, 0) is 55.7 Å². The van der Waals surface area contributed by atoms with E-state index in [1.807, 2.05) is 11.4 Å². The van der Waals surface area contributed by atoms with Gasteiger partial charge < -0.3 is 19.7 Å². The van der Waals surface area contributed by atoms with Crippen LogP contribution in [0.25, 0.3) is 0 Å². The van der Waals surface area contributed by atoms with Crippen LogP contribution in [0.5, 0.6) is 5.75 Å². The number of aliphatic hydroxyl groups is 2. The fourth-order valence-corrected chi connectivity index (χ4v) is 5.88. The Morgan fingerprint density at radius 3 is 2.93 bits per heavy atom. The lowest BCUT2D eigenvalue weighted by Gasteiger charge is -2.33. The molecule has 1 aromatic heterocycles. The van der Waals surface area contributed by atoms with Crippen LogP contribution in [0.4, 0.5) is 0 Å². The average molecular weight is 422 g/mol. The maximum Gasteiger partial charge on any atom is 0.122 e. The predicted molar refractivity (Wildman–Crippen MR) is 111 cm³/mol. The molecule has 0 radical (unpaired) electrons. The highest BCUT2D eigenvalue weighted by Gasteiger charge is 2.47. The summed E-state index contributed by atoms with van der Waals surface area (Å²) in [6.07, 6.45) is 4.24. The minimum atomic E-state index is -0.399. The molecule has 2 heterocycles. The summed E-state index contributed by atoms with van der Waals surface area (Å²) in [5.41, 5.74) is 1.91. The van der Waals surface area contributed by atoms with Gasteiger partial charge in [0, 0.05) is 22.6 Å². The molecule has 28 heavy (non-hydrogen) atoms. The summed E-state index contributed by atoms with van der Waals surface area (Å²) in [5, 5.41) is 22.7. The Kier molecular flexibility index (Phi) is 6.27. The Balaban J connectivity index is 1.37. The van der Waals surface area contributed by atoms with Crippen molar-refractivity contribution >= 4 is 23.1 Å². The molecule has 0 spiro atoms. The molecule has 1 aromatic carbocycles. The molecule has 1 aliphatic carbocycles. The van der Waals surface area contributed by atoms with Crippen molar-refractivity contribution in [1.82, 2.24) is 4.98 Å². The fourth-order valence-electron chi connectivity index (χ4n) is 4.42. The third-order valence-corrected chi connectivity index (χ3v) is 7.80. The number of fused-ring (bicyclic) bond motifs is 1. The summed E-state index contributed by atoms with van der Waals surface area (Å²) in [5.74, 6) is 1.27. The first-order valence-corrected chi connectivity index (χ1v) is 11.9. The van der Waals surface area contributed by atoms with Gasteiger partial charge in [0.1, 0.15) is 16.9 Å². The van der Waals surface area contributed by atoms with Crippen LogP contribution in [-0.4, -0.2) is 40.3 Å². The lowest BCUT2D eigenvalue weighted by molar-refractivity contribution is -0.0812. The van der Waals surface area contributed by atoms with Crippen LogP contribution < -0.4 is 4.74 Å². The molecule has 1 saturated heterocycles. The van der Waals surface area contributed by atoms with Crippen molar-refractivity contribution in [3.05, 3.63) is 39.8 Å². The number of hydrogen-bond acceptors (Lipinski definition) is 7. The van der Waals surface area contributed by atoms with Gasteiger partial charge in [-0.1, -0.05) is 0 Å². The van der Waals surface area contributed by atoms with E-state index in [0.29, 0.717) is 24.6 Å². The molecule has 1 saturated carbocycles. The lowest BCUT2D eigenvalue weighted by atomic mass is 9.87. The normalized spacial score (nSPS) is 29.6. The first-order valence-electron chi connectivity index (χ1n) is 9.75. The SMILES string of the molecule is CSc1ccc(OC[C@@H]2[C@H]3CC[C@H](c4nc(CO)cs4)O[C@H]3C[C@@H]2O)cc1C. The number of benzene rings is 1. The van der Waals surface area contributed by atoms with Crippen molar-refractivity contribution in [1.29, 1.82) is 0 Å². The number of aryl methyl sites for hydroxylation is 1. The van der Waals surface area contributed by atoms with Gasteiger partial charge in [0.2, 0.25) is 0 Å². The number of aliphatic hydroxyl groups excluding tert-OH is 2. The molecule has 2 aromatic rings. The summed E-state index contributed by atoms with van der Waals surface area (Å²) in [6, 6.07) is 6.16. The molecule has 152 valence electrons. The van der Waals surface area contributed by atoms with E-state index in [-0.39, 0.29) is 24.7 Å². The molecule has 0 unspecified atom stereocenters. The lowest BCUT2D eigenvalue weighted by Crippen LogP contribution is -2.33. The second kappa shape index (κ2) is 8.71. The Morgan fingerprint density at radius 1 is 1.36 bits per heavy atom. The molecule has 7 heteroatoms. The zero-order chi connectivity index (χ0) is 19.7. The van der Waals surface area contributed by atoms with Crippen molar-refractivity contribution in [3.63, 3.8) is 0 Å². The van der Waals surface area contributed by atoms with Gasteiger partial charge in [-0.15, -0.1) is 23.1 Å². The monoisotopic (exact) mass is 421 g/mol. The van der Waals surface area contributed by atoms with Crippen LogP contribution in [0.15, 0.2) is 28.5 Å². The van der Waals surface area contributed by atoms with Gasteiger partial charge in [0.15, 0.2) is 0 Å². The van der Waals surface area contributed by atoms with Crippen LogP contribution in [0.2, 0.25) is 0 Å².